The van der Waals surface area contributed by atoms with E-state index in [9.17, 15) is 0 Å². The Bertz CT molecular complexity index is 608. The first-order chi connectivity index (χ1) is 10.2. The molecule has 0 aromatic carbocycles. The topological polar surface area (TPSA) is 69.6 Å². The molecular formula is C15H21N5S. The first kappa shape index (κ1) is 14.5. The van der Waals surface area contributed by atoms with Gasteiger partial charge in [0.2, 0.25) is 0 Å². The molecule has 5 nitrogen and oxygen atoms in total. The zero-order valence-electron chi connectivity index (χ0n) is 12.3. The van der Waals surface area contributed by atoms with Crippen LogP contribution in [0, 0.1) is 0 Å². The van der Waals surface area contributed by atoms with Gasteiger partial charge in [0.1, 0.15) is 10.9 Å². The summed E-state index contributed by atoms with van der Waals surface area (Å²) < 4.78 is 2.25. The number of fused-ring (bicyclic) bond motifs is 1. The van der Waals surface area contributed by atoms with Crippen molar-refractivity contribution in [2.75, 3.05) is 0 Å². The largest absolute Gasteiger partial charge is 0.328 e. The second-order valence-electron chi connectivity index (χ2n) is 5.61. The van der Waals surface area contributed by atoms with Crippen molar-refractivity contribution < 1.29 is 0 Å². The number of pyridine rings is 1. The Morgan fingerprint density at radius 1 is 1.33 bits per heavy atom. The van der Waals surface area contributed by atoms with Gasteiger partial charge in [0.15, 0.2) is 5.16 Å². The van der Waals surface area contributed by atoms with Crippen molar-refractivity contribution in [3.05, 3.63) is 29.7 Å². The SMILES string of the molecule is CC(N)Cc1cccnc1Sc1nnc2n1CCCCC2. The van der Waals surface area contributed by atoms with Crippen molar-refractivity contribution in [2.45, 2.75) is 61.8 Å². The van der Waals surface area contributed by atoms with Gasteiger partial charge in [0.25, 0.3) is 0 Å². The molecule has 0 bridgehead atoms. The Labute approximate surface area is 129 Å². The molecule has 1 aliphatic rings. The molecule has 112 valence electrons. The number of nitrogens with two attached hydrogens (primary N) is 1. The van der Waals surface area contributed by atoms with E-state index < -0.39 is 0 Å². The van der Waals surface area contributed by atoms with Crippen LogP contribution in [0.5, 0.6) is 0 Å². The zero-order chi connectivity index (χ0) is 14.7. The fraction of sp³-hybridized carbons (Fsp3) is 0.533. The van der Waals surface area contributed by atoms with E-state index in [1.165, 1.54) is 24.8 Å². The standard InChI is InChI=1S/C15H21N5S/c1-11(16)10-12-6-5-8-17-14(12)21-15-19-18-13-7-3-2-4-9-20(13)15/h5-6,8,11H,2-4,7,9-10,16H2,1H3. The Balaban J connectivity index is 1.86. The van der Waals surface area contributed by atoms with Gasteiger partial charge in [0, 0.05) is 25.2 Å². The minimum atomic E-state index is 0.129. The van der Waals surface area contributed by atoms with Gasteiger partial charge in [-0.1, -0.05) is 12.5 Å². The summed E-state index contributed by atoms with van der Waals surface area (Å²) in [5.74, 6) is 1.11. The summed E-state index contributed by atoms with van der Waals surface area (Å²) in [5, 5.41) is 10.7. The predicted molar refractivity (Wildman–Crippen MR) is 83.3 cm³/mol. The van der Waals surface area contributed by atoms with E-state index in [4.69, 9.17) is 5.73 Å². The summed E-state index contributed by atoms with van der Waals surface area (Å²) >= 11 is 1.61. The Kier molecular flexibility index (Phi) is 4.55. The summed E-state index contributed by atoms with van der Waals surface area (Å²) in [5.41, 5.74) is 7.11. The van der Waals surface area contributed by atoms with Crippen LogP contribution in [0.15, 0.2) is 28.5 Å². The second-order valence-corrected chi connectivity index (χ2v) is 6.57. The second kappa shape index (κ2) is 6.58. The van der Waals surface area contributed by atoms with Gasteiger partial charge < -0.3 is 10.3 Å². The molecule has 2 N–H and O–H groups in total. The van der Waals surface area contributed by atoms with E-state index in [-0.39, 0.29) is 6.04 Å². The average molecular weight is 303 g/mol. The van der Waals surface area contributed by atoms with E-state index in [1.54, 1.807) is 11.8 Å². The molecule has 0 saturated heterocycles. The van der Waals surface area contributed by atoms with Crippen LogP contribution in [-0.2, 0) is 19.4 Å². The molecule has 0 fully saturated rings. The van der Waals surface area contributed by atoms with Crippen molar-refractivity contribution in [1.29, 1.82) is 0 Å². The van der Waals surface area contributed by atoms with Crippen molar-refractivity contribution in [3.63, 3.8) is 0 Å². The Morgan fingerprint density at radius 3 is 3.10 bits per heavy atom. The Hall–Kier alpha value is -1.40. The van der Waals surface area contributed by atoms with Crippen LogP contribution in [-0.4, -0.2) is 25.8 Å². The molecule has 21 heavy (non-hydrogen) atoms. The molecule has 3 rings (SSSR count). The van der Waals surface area contributed by atoms with Gasteiger partial charge in [0.05, 0.1) is 0 Å². The highest BCUT2D eigenvalue weighted by atomic mass is 32.2. The van der Waals surface area contributed by atoms with Crippen LogP contribution in [0.1, 0.15) is 37.6 Å². The van der Waals surface area contributed by atoms with Crippen molar-refractivity contribution in [3.8, 4) is 0 Å². The zero-order valence-corrected chi connectivity index (χ0v) is 13.1. The molecular weight excluding hydrogens is 282 g/mol. The maximum atomic E-state index is 5.93. The van der Waals surface area contributed by atoms with E-state index in [0.29, 0.717) is 0 Å². The first-order valence-electron chi connectivity index (χ1n) is 7.53. The summed E-state index contributed by atoms with van der Waals surface area (Å²) in [6, 6.07) is 4.19. The molecule has 2 aromatic heterocycles. The van der Waals surface area contributed by atoms with E-state index in [2.05, 4.69) is 25.8 Å². The van der Waals surface area contributed by atoms with Gasteiger partial charge in [-0.3, -0.25) is 0 Å². The lowest BCUT2D eigenvalue weighted by atomic mass is 10.1. The fourth-order valence-electron chi connectivity index (χ4n) is 2.64. The molecule has 1 atom stereocenters. The fourth-order valence-corrected chi connectivity index (χ4v) is 3.60. The van der Waals surface area contributed by atoms with E-state index in [1.807, 2.05) is 19.2 Å². The molecule has 0 radical (unpaired) electrons. The number of hydrogen-bond acceptors (Lipinski definition) is 5. The predicted octanol–water partition coefficient (Wildman–Crippen LogP) is 2.44. The highest BCUT2D eigenvalue weighted by molar-refractivity contribution is 7.99. The molecule has 3 heterocycles. The maximum absolute atomic E-state index is 5.93. The van der Waals surface area contributed by atoms with Crippen LogP contribution < -0.4 is 5.73 Å². The lowest BCUT2D eigenvalue weighted by Crippen LogP contribution is -2.18. The molecule has 0 spiro atoms. The number of rotatable bonds is 4. The number of nitrogens with zero attached hydrogens (tertiary/aromatic N) is 4. The molecule has 0 aliphatic carbocycles. The first-order valence-corrected chi connectivity index (χ1v) is 8.35. The van der Waals surface area contributed by atoms with Crippen LogP contribution >= 0.6 is 11.8 Å². The third kappa shape index (κ3) is 3.44. The molecule has 2 aromatic rings. The van der Waals surface area contributed by atoms with Crippen molar-refractivity contribution in [1.82, 2.24) is 19.7 Å². The van der Waals surface area contributed by atoms with Crippen molar-refractivity contribution in [2.24, 2.45) is 5.73 Å². The molecule has 6 heteroatoms. The molecule has 1 unspecified atom stereocenters. The summed E-state index contributed by atoms with van der Waals surface area (Å²) in [6.07, 6.45) is 7.37. The molecule has 0 saturated carbocycles. The summed E-state index contributed by atoms with van der Waals surface area (Å²) in [4.78, 5) is 4.51. The average Bonchev–Trinajstić information content (AvgIpc) is 2.69. The number of hydrogen-bond donors (Lipinski definition) is 1. The third-order valence-corrected chi connectivity index (χ3v) is 4.70. The minimum Gasteiger partial charge on any atom is -0.328 e. The van der Waals surface area contributed by atoms with Crippen LogP contribution in [0.2, 0.25) is 0 Å². The van der Waals surface area contributed by atoms with Gasteiger partial charge >= 0.3 is 0 Å². The van der Waals surface area contributed by atoms with Gasteiger partial charge in [-0.05, 0) is 49.6 Å². The lowest BCUT2D eigenvalue weighted by molar-refractivity contribution is 0.590. The normalized spacial score (nSPS) is 16.3. The Morgan fingerprint density at radius 2 is 2.24 bits per heavy atom. The van der Waals surface area contributed by atoms with E-state index >= 15 is 0 Å². The number of aromatic nitrogens is 4. The van der Waals surface area contributed by atoms with Gasteiger partial charge in [-0.2, -0.15) is 0 Å². The summed E-state index contributed by atoms with van der Waals surface area (Å²) in [6.45, 7) is 3.03. The van der Waals surface area contributed by atoms with E-state index in [0.717, 1.165) is 35.4 Å². The van der Waals surface area contributed by atoms with Gasteiger partial charge in [-0.15, -0.1) is 10.2 Å². The van der Waals surface area contributed by atoms with Crippen LogP contribution in [0.25, 0.3) is 0 Å². The smallest absolute Gasteiger partial charge is 0.197 e. The van der Waals surface area contributed by atoms with Crippen LogP contribution in [0.3, 0.4) is 0 Å². The minimum absolute atomic E-state index is 0.129. The summed E-state index contributed by atoms with van der Waals surface area (Å²) in [7, 11) is 0. The highest BCUT2D eigenvalue weighted by Crippen LogP contribution is 2.29. The quantitative estimate of drug-likeness (QED) is 0.939. The molecule has 0 amide bonds. The maximum Gasteiger partial charge on any atom is 0.197 e. The monoisotopic (exact) mass is 303 g/mol. The number of aryl methyl sites for hydroxylation is 1. The lowest BCUT2D eigenvalue weighted by Gasteiger charge is -2.10. The third-order valence-electron chi connectivity index (χ3n) is 3.66. The van der Waals surface area contributed by atoms with Crippen molar-refractivity contribution >= 4 is 11.8 Å². The molecule has 1 aliphatic heterocycles. The van der Waals surface area contributed by atoms with Crippen LogP contribution in [0.4, 0.5) is 0 Å². The van der Waals surface area contributed by atoms with Gasteiger partial charge in [-0.25, -0.2) is 4.98 Å². The highest BCUT2D eigenvalue weighted by Gasteiger charge is 2.17.